The topological polar surface area (TPSA) is 128 Å². The number of hydrogen-bond donors (Lipinski definition) is 1. The van der Waals surface area contributed by atoms with Crippen LogP contribution in [0, 0.1) is 17.0 Å². The minimum atomic E-state index is -4.07. The number of nitro groups is 1. The van der Waals surface area contributed by atoms with Gasteiger partial charge in [-0.3, -0.25) is 19.6 Å². The van der Waals surface area contributed by atoms with E-state index in [1.165, 1.54) is 62.4 Å². The Morgan fingerprint density at radius 3 is 2.21 bits per heavy atom. The van der Waals surface area contributed by atoms with Crippen LogP contribution < -0.4 is 19.1 Å². The zero-order valence-electron chi connectivity index (χ0n) is 18.9. The van der Waals surface area contributed by atoms with Gasteiger partial charge < -0.3 is 14.4 Å². The van der Waals surface area contributed by atoms with Crippen molar-refractivity contribution in [1.29, 1.82) is 0 Å². The molecule has 3 aromatic rings. The third kappa shape index (κ3) is 5.09. The number of nitrogens with one attached hydrogen (secondary N) is 1. The molecule has 0 saturated heterocycles. The maximum absolute atomic E-state index is 12.9. The average molecular weight is 486 g/mol. The summed E-state index contributed by atoms with van der Waals surface area (Å²) in [5.74, 6) is 0.680. The number of benzene rings is 3. The van der Waals surface area contributed by atoms with Gasteiger partial charge in [0.05, 0.1) is 24.0 Å². The molecule has 0 spiro atoms. The van der Waals surface area contributed by atoms with Crippen molar-refractivity contribution in [3.05, 3.63) is 81.9 Å². The summed E-state index contributed by atoms with van der Waals surface area (Å²) in [6.45, 7) is 1.52. The molecule has 0 atom stereocenters. The Kier molecular flexibility index (Phi) is 7.06. The van der Waals surface area contributed by atoms with Crippen LogP contribution in [0.2, 0.25) is 0 Å². The van der Waals surface area contributed by atoms with Crippen LogP contribution in [-0.2, 0) is 10.0 Å². The SMILES string of the molecule is COc1ccc(N(C)C(=O)c2ccc(NS(=O)(=O)c3ccc(C)c([N+](=O)[O-])c3)cc2)cc1OC. The van der Waals surface area contributed by atoms with Crippen LogP contribution in [0.4, 0.5) is 17.1 Å². The number of rotatable bonds is 8. The van der Waals surface area contributed by atoms with Gasteiger partial charge >= 0.3 is 0 Å². The monoisotopic (exact) mass is 485 g/mol. The van der Waals surface area contributed by atoms with Gasteiger partial charge in [-0.2, -0.15) is 0 Å². The smallest absolute Gasteiger partial charge is 0.273 e. The Morgan fingerprint density at radius 2 is 1.62 bits per heavy atom. The summed E-state index contributed by atoms with van der Waals surface area (Å²) in [7, 11) is 0.547. The third-order valence-electron chi connectivity index (χ3n) is 5.13. The normalized spacial score (nSPS) is 10.9. The van der Waals surface area contributed by atoms with Gasteiger partial charge in [-0.25, -0.2) is 8.42 Å². The highest BCUT2D eigenvalue weighted by molar-refractivity contribution is 7.92. The molecule has 34 heavy (non-hydrogen) atoms. The van der Waals surface area contributed by atoms with Crippen molar-refractivity contribution in [3.8, 4) is 11.5 Å². The van der Waals surface area contributed by atoms with E-state index in [0.29, 0.717) is 28.3 Å². The van der Waals surface area contributed by atoms with Crippen LogP contribution in [0.3, 0.4) is 0 Å². The highest BCUT2D eigenvalue weighted by atomic mass is 32.2. The Hall–Kier alpha value is -4.12. The van der Waals surface area contributed by atoms with Gasteiger partial charge in [-0.15, -0.1) is 0 Å². The van der Waals surface area contributed by atoms with Gasteiger partial charge in [0.25, 0.3) is 21.6 Å². The Bertz CT molecular complexity index is 1340. The molecule has 0 unspecified atom stereocenters. The van der Waals surface area contributed by atoms with Crippen molar-refractivity contribution in [3.63, 3.8) is 0 Å². The fraction of sp³-hybridized carbons (Fsp3) is 0.174. The standard InChI is InChI=1S/C23H23N3O7S/c1-15-5-11-19(14-20(15)26(28)29)34(30,31)24-17-8-6-16(7-9-17)23(27)25(2)18-10-12-21(32-3)22(13-18)33-4/h5-14,24H,1-4H3. The molecule has 1 amide bonds. The third-order valence-corrected chi connectivity index (χ3v) is 6.51. The summed E-state index contributed by atoms with van der Waals surface area (Å²) in [6.07, 6.45) is 0. The van der Waals surface area contributed by atoms with Gasteiger partial charge in [-0.05, 0) is 49.4 Å². The summed E-state index contributed by atoms with van der Waals surface area (Å²) in [5.41, 5.74) is 1.17. The number of amides is 1. The van der Waals surface area contributed by atoms with Crippen LogP contribution in [0.25, 0.3) is 0 Å². The van der Waals surface area contributed by atoms with Crippen LogP contribution in [0.1, 0.15) is 15.9 Å². The van der Waals surface area contributed by atoms with Gasteiger partial charge in [0.2, 0.25) is 0 Å². The molecule has 0 aromatic heterocycles. The van der Waals surface area contributed by atoms with Crippen molar-refractivity contribution >= 4 is 33.0 Å². The number of hydrogen-bond acceptors (Lipinski definition) is 7. The lowest BCUT2D eigenvalue weighted by Gasteiger charge is -2.19. The molecular weight excluding hydrogens is 462 g/mol. The van der Waals surface area contributed by atoms with Crippen LogP contribution >= 0.6 is 0 Å². The number of ether oxygens (including phenoxy) is 2. The van der Waals surface area contributed by atoms with Crippen molar-refractivity contribution in [2.75, 3.05) is 30.9 Å². The minimum Gasteiger partial charge on any atom is -0.493 e. The Morgan fingerprint density at radius 1 is 0.971 bits per heavy atom. The summed E-state index contributed by atoms with van der Waals surface area (Å²) < 4.78 is 38.2. The first-order valence-electron chi connectivity index (χ1n) is 9.95. The molecular formula is C23H23N3O7S. The lowest BCUT2D eigenvalue weighted by molar-refractivity contribution is -0.385. The number of nitro benzene ring substituents is 1. The fourth-order valence-electron chi connectivity index (χ4n) is 3.19. The van der Waals surface area contributed by atoms with Crippen molar-refractivity contribution in [2.45, 2.75) is 11.8 Å². The van der Waals surface area contributed by atoms with E-state index in [0.717, 1.165) is 6.07 Å². The molecule has 178 valence electrons. The predicted octanol–water partition coefficient (Wildman–Crippen LogP) is 4.00. The molecule has 0 aliphatic carbocycles. The number of sulfonamides is 1. The van der Waals surface area contributed by atoms with E-state index in [2.05, 4.69) is 4.72 Å². The minimum absolute atomic E-state index is 0.202. The Balaban J connectivity index is 1.79. The molecule has 3 aromatic carbocycles. The first-order chi connectivity index (χ1) is 16.1. The fourth-order valence-corrected chi connectivity index (χ4v) is 4.27. The van der Waals surface area contributed by atoms with Crippen LogP contribution in [0.15, 0.2) is 65.6 Å². The molecule has 3 rings (SSSR count). The van der Waals surface area contributed by atoms with E-state index < -0.39 is 14.9 Å². The zero-order valence-corrected chi connectivity index (χ0v) is 19.8. The second kappa shape index (κ2) is 9.79. The molecule has 0 saturated carbocycles. The molecule has 0 aliphatic heterocycles. The lowest BCUT2D eigenvalue weighted by atomic mass is 10.1. The number of methoxy groups -OCH3 is 2. The number of carbonyl (C=O) groups excluding carboxylic acids is 1. The van der Waals surface area contributed by atoms with Gasteiger partial charge in [0.1, 0.15) is 0 Å². The number of carbonyl (C=O) groups is 1. The van der Waals surface area contributed by atoms with Crippen LogP contribution in [0.5, 0.6) is 11.5 Å². The number of anilines is 2. The van der Waals surface area contributed by atoms with E-state index in [9.17, 15) is 23.3 Å². The maximum atomic E-state index is 12.9. The average Bonchev–Trinajstić information content (AvgIpc) is 2.82. The summed E-state index contributed by atoms with van der Waals surface area (Å²) >= 11 is 0. The Labute approximate surface area is 196 Å². The molecule has 0 radical (unpaired) electrons. The summed E-state index contributed by atoms with van der Waals surface area (Å²) in [5, 5.41) is 11.1. The highest BCUT2D eigenvalue weighted by Gasteiger charge is 2.21. The predicted molar refractivity (Wildman–Crippen MR) is 127 cm³/mol. The van der Waals surface area contributed by atoms with E-state index in [-0.39, 0.29) is 22.2 Å². The largest absolute Gasteiger partial charge is 0.493 e. The van der Waals surface area contributed by atoms with Gasteiger partial charge in [0, 0.05) is 41.7 Å². The summed E-state index contributed by atoms with van der Waals surface area (Å²) in [6, 6.07) is 14.6. The van der Waals surface area contributed by atoms with E-state index >= 15 is 0 Å². The quantitative estimate of drug-likeness (QED) is 0.377. The number of nitrogens with zero attached hydrogens (tertiary/aromatic N) is 2. The van der Waals surface area contributed by atoms with E-state index in [4.69, 9.17) is 9.47 Å². The molecule has 11 heteroatoms. The summed E-state index contributed by atoms with van der Waals surface area (Å²) in [4.78, 5) is 24.6. The van der Waals surface area contributed by atoms with E-state index in [1.807, 2.05) is 0 Å². The zero-order chi connectivity index (χ0) is 25.0. The maximum Gasteiger partial charge on any atom is 0.273 e. The second-order valence-electron chi connectivity index (χ2n) is 7.29. The second-order valence-corrected chi connectivity index (χ2v) is 8.97. The van der Waals surface area contributed by atoms with Crippen molar-refractivity contribution in [1.82, 2.24) is 0 Å². The van der Waals surface area contributed by atoms with Crippen molar-refractivity contribution < 1.29 is 27.6 Å². The molecule has 0 bridgehead atoms. The first kappa shape index (κ1) is 24.5. The molecule has 0 aliphatic rings. The lowest BCUT2D eigenvalue weighted by Crippen LogP contribution is -2.26. The molecule has 0 fully saturated rings. The number of aryl methyl sites for hydroxylation is 1. The van der Waals surface area contributed by atoms with Gasteiger partial charge in [-0.1, -0.05) is 6.07 Å². The van der Waals surface area contributed by atoms with Crippen molar-refractivity contribution in [2.24, 2.45) is 0 Å². The molecule has 0 heterocycles. The van der Waals surface area contributed by atoms with Gasteiger partial charge in [0.15, 0.2) is 11.5 Å². The molecule has 10 nitrogen and oxygen atoms in total. The molecule has 1 N–H and O–H groups in total. The van der Waals surface area contributed by atoms with E-state index in [1.54, 1.807) is 25.2 Å². The van der Waals surface area contributed by atoms with Crippen LogP contribution in [-0.4, -0.2) is 40.5 Å². The first-order valence-corrected chi connectivity index (χ1v) is 11.4. The highest BCUT2D eigenvalue weighted by Crippen LogP contribution is 2.31.